The van der Waals surface area contributed by atoms with E-state index in [-0.39, 0.29) is 41.4 Å². The Bertz CT molecular complexity index is 1060. The zero-order valence-electron chi connectivity index (χ0n) is 22.0. The number of halogens is 7. The van der Waals surface area contributed by atoms with Crippen molar-refractivity contribution in [2.75, 3.05) is 26.7 Å². The topological polar surface area (TPSA) is 26.8 Å². The quantitative estimate of drug-likeness (QED) is 0.362. The highest BCUT2D eigenvalue weighted by Crippen LogP contribution is 2.38. The molecule has 216 valence electrons. The molecule has 4 nitrogen and oxygen atoms in total. The van der Waals surface area contributed by atoms with Crippen LogP contribution in [0.25, 0.3) is 0 Å². The molecule has 1 aromatic carbocycles. The Balaban J connectivity index is 1.57. The van der Waals surface area contributed by atoms with E-state index < -0.39 is 36.1 Å². The number of hydrogen-bond acceptors (Lipinski definition) is 2. The molecule has 2 heterocycles. The predicted molar refractivity (Wildman–Crippen MR) is 133 cm³/mol. The molecule has 0 spiro atoms. The second-order valence-electron chi connectivity index (χ2n) is 10.9. The van der Waals surface area contributed by atoms with Crippen molar-refractivity contribution in [1.29, 1.82) is 0 Å². The molecule has 11 heteroatoms. The van der Waals surface area contributed by atoms with Gasteiger partial charge >= 0.3 is 18.4 Å². The van der Waals surface area contributed by atoms with E-state index in [9.17, 15) is 35.5 Å². The lowest BCUT2D eigenvalue weighted by Gasteiger charge is -2.48. The molecular formula is C28H34F7N3O. The van der Waals surface area contributed by atoms with Gasteiger partial charge in [-0.05, 0) is 80.6 Å². The lowest BCUT2D eigenvalue weighted by Crippen LogP contribution is -2.58. The van der Waals surface area contributed by atoms with E-state index in [0.29, 0.717) is 31.5 Å². The predicted octanol–water partition coefficient (Wildman–Crippen LogP) is 7.27. The molecule has 0 N–H and O–H groups in total. The number of piperidine rings is 2. The van der Waals surface area contributed by atoms with Gasteiger partial charge in [0.15, 0.2) is 0 Å². The highest BCUT2D eigenvalue weighted by Gasteiger charge is 2.41. The molecule has 3 aliphatic rings. The Morgan fingerprint density at radius 1 is 0.974 bits per heavy atom. The van der Waals surface area contributed by atoms with Gasteiger partial charge in [-0.25, -0.2) is 9.18 Å². The maximum absolute atomic E-state index is 13.9. The van der Waals surface area contributed by atoms with Crippen molar-refractivity contribution in [3.05, 3.63) is 58.9 Å². The van der Waals surface area contributed by atoms with Crippen molar-refractivity contribution in [3.63, 3.8) is 0 Å². The lowest BCUT2D eigenvalue weighted by molar-refractivity contribution is -0.143. The summed E-state index contributed by atoms with van der Waals surface area (Å²) in [5.74, 6) is -0.694. The Hall–Kier alpha value is -2.56. The van der Waals surface area contributed by atoms with Gasteiger partial charge in [0.25, 0.3) is 0 Å². The van der Waals surface area contributed by atoms with Crippen LogP contribution in [0.5, 0.6) is 0 Å². The van der Waals surface area contributed by atoms with E-state index >= 15 is 0 Å². The molecule has 4 rings (SSSR count). The number of alkyl halides is 6. The van der Waals surface area contributed by atoms with E-state index in [1.807, 2.05) is 6.92 Å². The second-order valence-corrected chi connectivity index (χ2v) is 10.9. The third-order valence-corrected chi connectivity index (χ3v) is 8.11. The van der Waals surface area contributed by atoms with Crippen LogP contribution < -0.4 is 0 Å². The molecule has 2 unspecified atom stereocenters. The minimum Gasteiger partial charge on any atom is -0.323 e. The van der Waals surface area contributed by atoms with Crippen molar-refractivity contribution < 1.29 is 35.5 Å². The normalized spacial score (nSPS) is 26.9. The number of rotatable bonds is 4. The number of benzene rings is 1. The van der Waals surface area contributed by atoms with Gasteiger partial charge in [0.05, 0.1) is 11.1 Å². The number of amides is 2. The van der Waals surface area contributed by atoms with Crippen LogP contribution in [0.15, 0.2) is 42.3 Å². The van der Waals surface area contributed by atoms with E-state index in [2.05, 4.69) is 4.90 Å². The van der Waals surface area contributed by atoms with Gasteiger partial charge in [0.1, 0.15) is 5.83 Å². The Kier molecular flexibility index (Phi) is 8.68. The van der Waals surface area contributed by atoms with Crippen molar-refractivity contribution in [2.24, 2.45) is 11.8 Å². The summed E-state index contributed by atoms with van der Waals surface area (Å²) in [7, 11) is 1.38. The SMILES string of the molecule is CC1C=C(F)C=CC1[C@@H]1C[C@@H](N2CCCCC2)CCN1C(=O)N(C)Cc1cc(C(F)(F)F)cc(C(F)(F)F)c1. The van der Waals surface area contributed by atoms with Crippen LogP contribution in [0, 0.1) is 11.8 Å². The van der Waals surface area contributed by atoms with Gasteiger partial charge in [0, 0.05) is 38.1 Å². The molecule has 2 amide bonds. The minimum atomic E-state index is -4.97. The average molecular weight is 562 g/mol. The molecule has 0 aromatic heterocycles. The fraction of sp³-hybridized carbons (Fsp3) is 0.607. The number of allylic oxidation sites excluding steroid dienone is 3. The number of nitrogens with zero attached hydrogens (tertiary/aromatic N) is 3. The first-order chi connectivity index (χ1) is 18.2. The second kappa shape index (κ2) is 11.5. The van der Waals surface area contributed by atoms with Crippen molar-refractivity contribution in [3.8, 4) is 0 Å². The zero-order valence-corrected chi connectivity index (χ0v) is 22.0. The van der Waals surface area contributed by atoms with Crippen LogP contribution >= 0.6 is 0 Å². The number of likely N-dealkylation sites (tertiary alicyclic amines) is 2. The first-order valence-electron chi connectivity index (χ1n) is 13.3. The molecular weight excluding hydrogens is 527 g/mol. The van der Waals surface area contributed by atoms with E-state index in [1.54, 1.807) is 11.0 Å². The Morgan fingerprint density at radius 2 is 1.59 bits per heavy atom. The molecule has 4 atom stereocenters. The summed E-state index contributed by atoms with van der Waals surface area (Å²) in [6.45, 7) is 3.82. The molecule has 0 bridgehead atoms. The maximum Gasteiger partial charge on any atom is 0.416 e. The van der Waals surface area contributed by atoms with Gasteiger partial charge in [-0.1, -0.05) is 19.4 Å². The fourth-order valence-electron chi connectivity index (χ4n) is 6.14. The van der Waals surface area contributed by atoms with Crippen LogP contribution in [0.1, 0.15) is 55.7 Å². The Labute approximate surface area is 224 Å². The van der Waals surface area contributed by atoms with Crippen LogP contribution in [-0.4, -0.2) is 59.5 Å². The van der Waals surface area contributed by atoms with Crippen LogP contribution in [0.4, 0.5) is 35.5 Å². The third kappa shape index (κ3) is 6.96. The first kappa shape index (κ1) is 29.4. The summed E-state index contributed by atoms with van der Waals surface area (Å²) in [6.07, 6.45) is -0.479. The molecule has 1 aliphatic carbocycles. The van der Waals surface area contributed by atoms with E-state index in [0.717, 1.165) is 30.8 Å². The summed E-state index contributed by atoms with van der Waals surface area (Å²) in [5, 5.41) is 0. The van der Waals surface area contributed by atoms with E-state index in [1.165, 1.54) is 25.6 Å². The van der Waals surface area contributed by atoms with E-state index in [4.69, 9.17) is 0 Å². The van der Waals surface area contributed by atoms with Crippen molar-refractivity contribution >= 4 is 6.03 Å². The van der Waals surface area contributed by atoms with Gasteiger partial charge in [0.2, 0.25) is 0 Å². The summed E-state index contributed by atoms with van der Waals surface area (Å²) in [5.41, 5.74) is -3.09. The fourth-order valence-corrected chi connectivity index (χ4v) is 6.14. The van der Waals surface area contributed by atoms with Gasteiger partial charge in [-0.3, -0.25) is 0 Å². The van der Waals surface area contributed by atoms with Gasteiger partial charge < -0.3 is 14.7 Å². The maximum atomic E-state index is 13.9. The number of carbonyl (C=O) groups is 1. The summed E-state index contributed by atoms with van der Waals surface area (Å²) in [6, 6.07) is 0.869. The molecule has 2 fully saturated rings. The molecule has 39 heavy (non-hydrogen) atoms. The third-order valence-electron chi connectivity index (χ3n) is 8.11. The van der Waals surface area contributed by atoms with Crippen LogP contribution in [0.3, 0.4) is 0 Å². The van der Waals surface area contributed by atoms with Crippen molar-refractivity contribution in [1.82, 2.24) is 14.7 Å². The van der Waals surface area contributed by atoms with Gasteiger partial charge in [-0.15, -0.1) is 0 Å². The van der Waals surface area contributed by atoms with Crippen LogP contribution in [-0.2, 0) is 18.9 Å². The minimum absolute atomic E-state index is 0.0795. The number of urea groups is 1. The highest BCUT2D eigenvalue weighted by atomic mass is 19.4. The summed E-state index contributed by atoms with van der Waals surface area (Å²) >= 11 is 0. The molecule has 1 aromatic rings. The molecule has 0 radical (unpaired) electrons. The van der Waals surface area contributed by atoms with Gasteiger partial charge in [-0.2, -0.15) is 26.3 Å². The first-order valence-corrected chi connectivity index (χ1v) is 13.3. The number of hydrogen-bond donors (Lipinski definition) is 0. The molecule has 2 aliphatic heterocycles. The van der Waals surface area contributed by atoms with Crippen LogP contribution in [0.2, 0.25) is 0 Å². The molecule has 0 saturated carbocycles. The Morgan fingerprint density at radius 3 is 2.15 bits per heavy atom. The summed E-state index contributed by atoms with van der Waals surface area (Å²) in [4.78, 5) is 18.9. The standard InChI is InChI=1S/C28H34F7N3O/c1-18-12-22(29)6-7-24(18)25-16-23(37-9-4-3-5-10-37)8-11-38(25)26(39)36(2)17-19-13-20(27(30,31)32)15-21(14-19)28(33,34)35/h6-7,12-15,18,23-25H,3-5,8-11,16-17H2,1-2H3/t18?,23-,24?,25-/m0/s1. The molecule has 2 saturated heterocycles. The lowest BCUT2D eigenvalue weighted by atomic mass is 9.78. The van der Waals surface area contributed by atoms with Crippen molar-refractivity contribution in [2.45, 2.75) is 70.0 Å². The smallest absolute Gasteiger partial charge is 0.323 e. The number of carbonyl (C=O) groups excluding carboxylic acids is 1. The monoisotopic (exact) mass is 561 g/mol. The summed E-state index contributed by atoms with van der Waals surface area (Å²) < 4.78 is 93.9. The average Bonchev–Trinajstić information content (AvgIpc) is 2.87. The zero-order chi connectivity index (χ0) is 28.5. The highest BCUT2D eigenvalue weighted by molar-refractivity contribution is 5.75. The largest absolute Gasteiger partial charge is 0.416 e.